The largest absolute Gasteiger partial charge is 0.377 e. The molecule has 0 bridgehead atoms. The lowest BCUT2D eigenvalue weighted by Gasteiger charge is -2.22. The van der Waals surface area contributed by atoms with Gasteiger partial charge < -0.3 is 9.30 Å². The zero-order chi connectivity index (χ0) is 14.5. The molecule has 0 radical (unpaired) electrons. The molecule has 2 aromatic rings. The van der Waals surface area contributed by atoms with Gasteiger partial charge in [0.15, 0.2) is 5.16 Å². The molecule has 0 spiro atoms. The molecule has 1 aliphatic rings. The summed E-state index contributed by atoms with van der Waals surface area (Å²) in [6.07, 6.45) is 6.54. The van der Waals surface area contributed by atoms with Gasteiger partial charge in [-0.25, -0.2) is 4.98 Å². The number of aromatic nitrogens is 2. The number of fused-ring (bicyclic) bond motifs is 1. The Bertz CT molecular complexity index is 575. The van der Waals surface area contributed by atoms with Gasteiger partial charge in [0.2, 0.25) is 0 Å². The molecule has 4 heteroatoms. The van der Waals surface area contributed by atoms with Crippen molar-refractivity contribution in [1.29, 1.82) is 0 Å². The fourth-order valence-electron chi connectivity index (χ4n) is 2.80. The van der Waals surface area contributed by atoms with Crippen LogP contribution in [0.2, 0.25) is 0 Å². The average Bonchev–Trinajstić information content (AvgIpc) is 2.89. The maximum atomic E-state index is 5.84. The predicted molar refractivity (Wildman–Crippen MR) is 89.0 cm³/mol. The fourth-order valence-corrected chi connectivity index (χ4v) is 3.91. The average molecular weight is 304 g/mol. The number of aryl methyl sites for hydroxylation is 1. The van der Waals surface area contributed by atoms with Crippen molar-refractivity contribution in [2.75, 3.05) is 12.4 Å². The Morgan fingerprint density at radius 3 is 3.05 bits per heavy atom. The molecule has 0 amide bonds. The van der Waals surface area contributed by atoms with E-state index < -0.39 is 0 Å². The van der Waals surface area contributed by atoms with Crippen molar-refractivity contribution in [3.63, 3.8) is 0 Å². The van der Waals surface area contributed by atoms with Gasteiger partial charge in [-0.1, -0.05) is 37.2 Å². The van der Waals surface area contributed by atoms with Crippen LogP contribution in [0.5, 0.6) is 0 Å². The molecule has 1 saturated heterocycles. The van der Waals surface area contributed by atoms with E-state index in [0.717, 1.165) is 29.6 Å². The Kier molecular flexibility index (Phi) is 5.20. The van der Waals surface area contributed by atoms with Gasteiger partial charge in [0.25, 0.3) is 0 Å². The lowest BCUT2D eigenvalue weighted by atomic mass is 10.1. The van der Waals surface area contributed by atoms with Gasteiger partial charge in [-0.2, -0.15) is 0 Å². The highest BCUT2D eigenvalue weighted by atomic mass is 32.2. The summed E-state index contributed by atoms with van der Waals surface area (Å²) in [5, 5.41) is 1.15. The highest BCUT2D eigenvalue weighted by molar-refractivity contribution is 7.99. The van der Waals surface area contributed by atoms with Crippen molar-refractivity contribution in [2.24, 2.45) is 0 Å². The van der Waals surface area contributed by atoms with Crippen LogP contribution in [-0.2, 0) is 11.3 Å². The molecule has 0 aliphatic carbocycles. The van der Waals surface area contributed by atoms with E-state index in [1.165, 1.54) is 37.6 Å². The first-order valence-electron chi connectivity index (χ1n) is 8.08. The molecule has 21 heavy (non-hydrogen) atoms. The second kappa shape index (κ2) is 7.32. The summed E-state index contributed by atoms with van der Waals surface area (Å²) in [6, 6.07) is 8.46. The molecule has 1 atom stereocenters. The highest BCUT2D eigenvalue weighted by Gasteiger charge is 2.17. The van der Waals surface area contributed by atoms with Gasteiger partial charge in [0, 0.05) is 18.9 Å². The van der Waals surface area contributed by atoms with E-state index in [-0.39, 0.29) is 0 Å². The molecule has 3 nitrogen and oxygen atoms in total. The minimum absolute atomic E-state index is 0.406. The van der Waals surface area contributed by atoms with Gasteiger partial charge in [0.1, 0.15) is 0 Å². The van der Waals surface area contributed by atoms with Crippen LogP contribution in [0.25, 0.3) is 11.0 Å². The molecule has 114 valence electrons. The Labute approximate surface area is 131 Å². The summed E-state index contributed by atoms with van der Waals surface area (Å²) >= 11 is 1.86. The quantitative estimate of drug-likeness (QED) is 0.735. The van der Waals surface area contributed by atoms with E-state index in [9.17, 15) is 0 Å². The minimum atomic E-state index is 0.406. The van der Waals surface area contributed by atoms with Crippen LogP contribution in [0, 0.1) is 0 Å². The first-order chi connectivity index (χ1) is 10.4. The van der Waals surface area contributed by atoms with E-state index in [2.05, 4.69) is 35.8 Å². The summed E-state index contributed by atoms with van der Waals surface area (Å²) in [5.41, 5.74) is 2.37. The minimum Gasteiger partial charge on any atom is -0.377 e. The van der Waals surface area contributed by atoms with Gasteiger partial charge in [-0.05, 0) is 37.8 Å². The molecule has 2 heterocycles. The number of ether oxygens (including phenoxy) is 1. The van der Waals surface area contributed by atoms with Crippen molar-refractivity contribution in [1.82, 2.24) is 9.55 Å². The zero-order valence-corrected chi connectivity index (χ0v) is 13.6. The van der Waals surface area contributed by atoms with E-state index in [0.29, 0.717) is 6.10 Å². The number of nitrogens with zero attached hydrogens (tertiary/aromatic N) is 2. The molecule has 0 saturated carbocycles. The number of thioether (sulfide) groups is 1. The van der Waals surface area contributed by atoms with Crippen molar-refractivity contribution >= 4 is 22.8 Å². The summed E-state index contributed by atoms with van der Waals surface area (Å²) in [7, 11) is 0. The smallest absolute Gasteiger partial charge is 0.169 e. The maximum absolute atomic E-state index is 5.84. The van der Waals surface area contributed by atoms with E-state index in [1.807, 2.05) is 11.8 Å². The molecule has 1 aromatic heterocycles. The predicted octanol–water partition coefficient (Wildman–Crippen LogP) is 4.50. The molecule has 1 aromatic carbocycles. The standard InChI is InChI=1S/C17H24N2OS/c1-2-3-11-19-16-10-5-4-9-15(16)18-17(19)21-13-14-8-6-7-12-20-14/h4-5,9-10,14H,2-3,6-8,11-13H2,1H3/t14-/m0/s1. The molecule has 1 aliphatic heterocycles. The Morgan fingerprint density at radius 2 is 2.24 bits per heavy atom. The lowest BCUT2D eigenvalue weighted by Crippen LogP contribution is -2.21. The van der Waals surface area contributed by atoms with Crippen LogP contribution in [-0.4, -0.2) is 28.0 Å². The lowest BCUT2D eigenvalue weighted by molar-refractivity contribution is 0.0315. The second-order valence-corrected chi connectivity index (χ2v) is 6.68. The van der Waals surface area contributed by atoms with E-state index in [4.69, 9.17) is 9.72 Å². The number of unbranched alkanes of at least 4 members (excludes halogenated alkanes) is 1. The van der Waals surface area contributed by atoms with Gasteiger partial charge in [-0.15, -0.1) is 0 Å². The van der Waals surface area contributed by atoms with Crippen LogP contribution >= 0.6 is 11.8 Å². The van der Waals surface area contributed by atoms with Crippen LogP contribution < -0.4 is 0 Å². The summed E-state index contributed by atoms with van der Waals surface area (Å²) in [4.78, 5) is 4.82. The molecule has 0 unspecified atom stereocenters. The summed E-state index contributed by atoms with van der Waals surface area (Å²) < 4.78 is 8.22. The summed E-state index contributed by atoms with van der Waals surface area (Å²) in [6.45, 7) is 4.23. The van der Waals surface area contributed by atoms with E-state index in [1.54, 1.807) is 0 Å². The highest BCUT2D eigenvalue weighted by Crippen LogP contribution is 2.27. The molecular formula is C17H24N2OS. The fraction of sp³-hybridized carbons (Fsp3) is 0.588. The van der Waals surface area contributed by atoms with Crippen molar-refractivity contribution in [3.8, 4) is 0 Å². The first kappa shape index (κ1) is 14.9. The van der Waals surface area contributed by atoms with Crippen LogP contribution in [0.1, 0.15) is 39.0 Å². The number of hydrogen-bond acceptors (Lipinski definition) is 3. The maximum Gasteiger partial charge on any atom is 0.169 e. The third-order valence-corrected chi connectivity index (χ3v) is 5.14. The SMILES string of the molecule is CCCCn1c(SC[C@@H]2CCCCO2)nc2ccccc21. The van der Waals surface area contributed by atoms with Crippen LogP contribution in [0.15, 0.2) is 29.4 Å². The Hall–Kier alpha value is -1.00. The molecule has 3 rings (SSSR count). The monoisotopic (exact) mass is 304 g/mol. The summed E-state index contributed by atoms with van der Waals surface area (Å²) in [5.74, 6) is 1.02. The van der Waals surface area contributed by atoms with Crippen molar-refractivity contribution < 1.29 is 4.74 Å². The van der Waals surface area contributed by atoms with E-state index >= 15 is 0 Å². The number of para-hydroxylation sites is 2. The number of imidazole rings is 1. The number of rotatable bonds is 6. The Morgan fingerprint density at radius 1 is 1.33 bits per heavy atom. The molecular weight excluding hydrogens is 280 g/mol. The van der Waals surface area contributed by atoms with Crippen molar-refractivity contribution in [3.05, 3.63) is 24.3 Å². The molecule has 1 fully saturated rings. The van der Waals surface area contributed by atoms with Gasteiger partial charge >= 0.3 is 0 Å². The normalized spacial score (nSPS) is 19.2. The van der Waals surface area contributed by atoms with Crippen LogP contribution in [0.3, 0.4) is 0 Å². The Balaban J connectivity index is 1.75. The van der Waals surface area contributed by atoms with Gasteiger partial charge in [0.05, 0.1) is 17.1 Å². The third kappa shape index (κ3) is 3.61. The zero-order valence-electron chi connectivity index (χ0n) is 12.8. The topological polar surface area (TPSA) is 27.1 Å². The van der Waals surface area contributed by atoms with Crippen molar-refractivity contribution in [2.45, 2.75) is 56.8 Å². The first-order valence-corrected chi connectivity index (χ1v) is 9.06. The number of hydrogen-bond donors (Lipinski definition) is 0. The molecule has 0 N–H and O–H groups in total. The number of benzene rings is 1. The van der Waals surface area contributed by atoms with Crippen LogP contribution in [0.4, 0.5) is 0 Å². The third-order valence-electron chi connectivity index (χ3n) is 4.03. The van der Waals surface area contributed by atoms with Gasteiger partial charge in [-0.3, -0.25) is 0 Å². The second-order valence-electron chi connectivity index (χ2n) is 5.69.